The maximum atomic E-state index is 3.82. The molecule has 0 amide bonds. The first-order valence-corrected chi connectivity index (χ1v) is 3.82. The Hall–Kier alpha value is -1.13. The fourth-order valence-electron chi connectivity index (χ4n) is 0.842. The van der Waals surface area contributed by atoms with E-state index in [1.165, 1.54) is 0 Å². The zero-order chi connectivity index (χ0) is 8.10. The molecule has 1 rings (SSSR count). The van der Waals surface area contributed by atoms with Gasteiger partial charge < -0.3 is 5.32 Å². The lowest BCUT2D eigenvalue weighted by Crippen LogP contribution is -2.05. The second-order valence-corrected chi connectivity index (χ2v) is 2.33. The van der Waals surface area contributed by atoms with Gasteiger partial charge in [-0.25, -0.2) is 4.68 Å². The van der Waals surface area contributed by atoms with E-state index in [-0.39, 0.29) is 0 Å². The predicted molar refractivity (Wildman–Crippen MR) is 42.3 cm³/mol. The molecule has 0 spiro atoms. The van der Waals surface area contributed by atoms with E-state index in [1.54, 1.807) is 4.68 Å². The molecule has 11 heavy (non-hydrogen) atoms. The van der Waals surface area contributed by atoms with Crippen LogP contribution in [0.3, 0.4) is 0 Å². The van der Waals surface area contributed by atoms with Gasteiger partial charge in [-0.15, -0.1) is 0 Å². The molecule has 0 aromatic carbocycles. The van der Waals surface area contributed by atoms with Crippen LogP contribution in [0.5, 0.6) is 0 Å². The Morgan fingerprint density at radius 3 is 3.00 bits per heavy atom. The maximum absolute atomic E-state index is 3.82. The number of aromatic nitrogens is 4. The lowest BCUT2D eigenvalue weighted by Gasteiger charge is -2.00. The van der Waals surface area contributed by atoms with Crippen molar-refractivity contribution in [2.75, 3.05) is 12.4 Å². The van der Waals surface area contributed by atoms with Crippen LogP contribution in [-0.4, -0.2) is 27.3 Å². The minimum absolute atomic E-state index is 0.735. The minimum Gasteiger partial charge on any atom is -0.356 e. The number of anilines is 1. The van der Waals surface area contributed by atoms with Crippen molar-refractivity contribution in [2.24, 2.45) is 0 Å². The second kappa shape index (κ2) is 3.90. The Kier molecular flexibility index (Phi) is 2.83. The monoisotopic (exact) mass is 155 g/mol. The van der Waals surface area contributed by atoms with Crippen molar-refractivity contribution in [3.8, 4) is 0 Å². The number of nitrogens with zero attached hydrogens (tertiary/aromatic N) is 4. The number of rotatable bonds is 4. The zero-order valence-corrected chi connectivity index (χ0v) is 6.91. The summed E-state index contributed by atoms with van der Waals surface area (Å²) in [6.07, 6.45) is 2.27. The average molecular weight is 155 g/mol. The van der Waals surface area contributed by atoms with Crippen LogP contribution in [0.4, 0.5) is 5.95 Å². The van der Waals surface area contributed by atoms with Crippen LogP contribution in [0.15, 0.2) is 0 Å². The molecule has 0 saturated heterocycles. The number of aryl methyl sites for hydroxylation is 1. The Morgan fingerprint density at radius 2 is 2.36 bits per heavy atom. The van der Waals surface area contributed by atoms with Gasteiger partial charge in [0.1, 0.15) is 0 Å². The Balaban J connectivity index is 2.54. The van der Waals surface area contributed by atoms with Gasteiger partial charge in [0, 0.05) is 13.6 Å². The van der Waals surface area contributed by atoms with Crippen LogP contribution in [0.1, 0.15) is 19.8 Å². The number of hydrogen-bond donors (Lipinski definition) is 1. The summed E-state index contributed by atoms with van der Waals surface area (Å²) in [7, 11) is 1.81. The van der Waals surface area contributed by atoms with E-state index in [1.807, 2.05) is 7.05 Å². The standard InChI is InChI=1S/C6H13N5/c1-3-4-5-11-6(7-2)8-9-10-11/h3-5H2,1-2H3,(H,7,8,10). The van der Waals surface area contributed by atoms with E-state index in [2.05, 4.69) is 27.8 Å². The summed E-state index contributed by atoms with van der Waals surface area (Å²) in [6.45, 7) is 3.03. The summed E-state index contributed by atoms with van der Waals surface area (Å²) >= 11 is 0. The van der Waals surface area contributed by atoms with Crippen LogP contribution in [0.25, 0.3) is 0 Å². The van der Waals surface area contributed by atoms with Crippen LogP contribution in [-0.2, 0) is 6.54 Å². The molecule has 0 aliphatic rings. The molecule has 0 radical (unpaired) electrons. The highest BCUT2D eigenvalue weighted by Crippen LogP contribution is 1.99. The van der Waals surface area contributed by atoms with Gasteiger partial charge in [-0.2, -0.15) is 0 Å². The molecule has 0 unspecified atom stereocenters. The van der Waals surface area contributed by atoms with Gasteiger partial charge in [0.05, 0.1) is 0 Å². The molecule has 1 aromatic heterocycles. The summed E-state index contributed by atoms with van der Waals surface area (Å²) in [5, 5.41) is 14.1. The molecule has 0 saturated carbocycles. The summed E-state index contributed by atoms with van der Waals surface area (Å²) in [6, 6.07) is 0. The molecule has 0 bridgehead atoms. The van der Waals surface area contributed by atoms with Crippen molar-refractivity contribution < 1.29 is 0 Å². The lowest BCUT2D eigenvalue weighted by atomic mass is 10.3. The maximum Gasteiger partial charge on any atom is 0.242 e. The van der Waals surface area contributed by atoms with Gasteiger partial charge >= 0.3 is 0 Å². The Labute approximate surface area is 65.8 Å². The topological polar surface area (TPSA) is 55.6 Å². The van der Waals surface area contributed by atoms with Crippen LogP contribution in [0.2, 0.25) is 0 Å². The molecule has 62 valence electrons. The minimum atomic E-state index is 0.735. The highest BCUT2D eigenvalue weighted by Gasteiger charge is 2.00. The van der Waals surface area contributed by atoms with Gasteiger partial charge in [-0.05, 0) is 16.8 Å². The van der Waals surface area contributed by atoms with Crippen molar-refractivity contribution in [2.45, 2.75) is 26.3 Å². The third-order valence-electron chi connectivity index (χ3n) is 1.48. The van der Waals surface area contributed by atoms with Gasteiger partial charge in [-0.1, -0.05) is 18.4 Å². The lowest BCUT2D eigenvalue weighted by molar-refractivity contribution is 0.557. The fraction of sp³-hybridized carbons (Fsp3) is 0.833. The molecule has 0 aliphatic heterocycles. The molecule has 5 heteroatoms. The SMILES string of the molecule is CCCCn1nnnc1NC. The van der Waals surface area contributed by atoms with E-state index < -0.39 is 0 Å². The third kappa shape index (κ3) is 1.89. The molecule has 1 aromatic rings. The Bertz CT molecular complexity index is 206. The largest absolute Gasteiger partial charge is 0.356 e. The first kappa shape index (κ1) is 7.97. The van der Waals surface area contributed by atoms with Crippen LogP contribution >= 0.6 is 0 Å². The first-order chi connectivity index (χ1) is 5.38. The molecule has 1 heterocycles. The Morgan fingerprint density at radius 1 is 1.55 bits per heavy atom. The van der Waals surface area contributed by atoms with Gasteiger partial charge in [-0.3, -0.25) is 0 Å². The highest BCUT2D eigenvalue weighted by atomic mass is 15.6. The van der Waals surface area contributed by atoms with Crippen molar-refractivity contribution in [3.63, 3.8) is 0 Å². The average Bonchev–Trinajstić information content (AvgIpc) is 2.47. The molecular weight excluding hydrogens is 142 g/mol. The summed E-state index contributed by atoms with van der Waals surface area (Å²) < 4.78 is 1.77. The summed E-state index contributed by atoms with van der Waals surface area (Å²) in [4.78, 5) is 0. The second-order valence-electron chi connectivity index (χ2n) is 2.33. The van der Waals surface area contributed by atoms with E-state index >= 15 is 0 Å². The smallest absolute Gasteiger partial charge is 0.242 e. The van der Waals surface area contributed by atoms with Gasteiger partial charge in [0.15, 0.2) is 0 Å². The molecule has 1 N–H and O–H groups in total. The van der Waals surface area contributed by atoms with E-state index in [4.69, 9.17) is 0 Å². The number of tetrazole rings is 1. The summed E-state index contributed by atoms with van der Waals surface area (Å²) in [5.74, 6) is 0.735. The molecule has 5 nitrogen and oxygen atoms in total. The molecule has 0 atom stereocenters. The molecule has 0 aliphatic carbocycles. The van der Waals surface area contributed by atoms with Crippen molar-refractivity contribution >= 4 is 5.95 Å². The van der Waals surface area contributed by atoms with Crippen molar-refractivity contribution in [1.29, 1.82) is 0 Å². The zero-order valence-electron chi connectivity index (χ0n) is 6.91. The van der Waals surface area contributed by atoms with E-state index in [0.717, 1.165) is 25.3 Å². The number of hydrogen-bond acceptors (Lipinski definition) is 4. The quantitative estimate of drug-likeness (QED) is 0.688. The predicted octanol–water partition coefficient (Wildman–Crippen LogP) is 0.515. The highest BCUT2D eigenvalue weighted by molar-refractivity contribution is 5.18. The third-order valence-corrected chi connectivity index (χ3v) is 1.48. The number of unbranched alkanes of at least 4 members (excludes halogenated alkanes) is 1. The van der Waals surface area contributed by atoms with Crippen molar-refractivity contribution in [3.05, 3.63) is 0 Å². The van der Waals surface area contributed by atoms with Crippen molar-refractivity contribution in [1.82, 2.24) is 20.2 Å². The molecule has 0 fully saturated rings. The van der Waals surface area contributed by atoms with Gasteiger partial charge in [0.25, 0.3) is 0 Å². The van der Waals surface area contributed by atoms with E-state index in [0.29, 0.717) is 0 Å². The normalized spacial score (nSPS) is 10.0. The van der Waals surface area contributed by atoms with Gasteiger partial charge in [0.2, 0.25) is 5.95 Å². The van der Waals surface area contributed by atoms with Crippen LogP contribution in [0, 0.1) is 0 Å². The molecular formula is C6H13N5. The van der Waals surface area contributed by atoms with E-state index in [9.17, 15) is 0 Å². The fourth-order valence-corrected chi connectivity index (χ4v) is 0.842. The van der Waals surface area contributed by atoms with Crippen LogP contribution < -0.4 is 5.32 Å². The summed E-state index contributed by atoms with van der Waals surface area (Å²) in [5.41, 5.74) is 0. The first-order valence-electron chi connectivity index (χ1n) is 3.82. The number of nitrogens with one attached hydrogen (secondary N) is 1.